The molecule has 1 aliphatic rings. The molecule has 1 aliphatic heterocycles. The van der Waals surface area contributed by atoms with Crippen LogP contribution in [0.15, 0.2) is 0 Å². The molecule has 1 heterocycles. The molecule has 15 heavy (non-hydrogen) atoms. The quantitative estimate of drug-likeness (QED) is 0.694. The van der Waals surface area contributed by atoms with Gasteiger partial charge in [0.1, 0.15) is 0 Å². The van der Waals surface area contributed by atoms with Crippen molar-refractivity contribution < 1.29 is 9.90 Å². The van der Waals surface area contributed by atoms with Gasteiger partial charge in [-0.05, 0) is 33.2 Å². The van der Waals surface area contributed by atoms with Crippen LogP contribution in [0, 0.1) is 0 Å². The lowest BCUT2D eigenvalue weighted by Crippen LogP contribution is -2.39. The lowest BCUT2D eigenvalue weighted by Gasteiger charge is -2.27. The predicted octanol–water partition coefficient (Wildman–Crippen LogP) is 0.358. The second kappa shape index (κ2) is 6.08. The van der Waals surface area contributed by atoms with E-state index in [2.05, 4.69) is 24.1 Å². The molecule has 1 fully saturated rings. The highest BCUT2D eigenvalue weighted by molar-refractivity contribution is 5.76. The number of carbonyl (C=O) groups excluding carboxylic acids is 1. The highest BCUT2D eigenvalue weighted by Crippen LogP contribution is 2.22. The Morgan fingerprint density at radius 1 is 1.60 bits per heavy atom. The summed E-state index contributed by atoms with van der Waals surface area (Å²) < 4.78 is 0. The summed E-state index contributed by atoms with van der Waals surface area (Å²) in [4.78, 5) is 13.9. The van der Waals surface area contributed by atoms with Gasteiger partial charge >= 0.3 is 0 Å². The molecule has 1 amide bonds. The third-order valence-electron chi connectivity index (χ3n) is 2.94. The first-order valence-electron chi connectivity index (χ1n) is 5.78. The number of nitrogens with one attached hydrogen (secondary N) is 1. The summed E-state index contributed by atoms with van der Waals surface area (Å²) >= 11 is 0. The van der Waals surface area contributed by atoms with Crippen molar-refractivity contribution in [3.8, 4) is 0 Å². The molecule has 1 rings (SSSR count). The molecule has 88 valence electrons. The number of aliphatic hydroxyl groups is 1. The number of likely N-dealkylation sites (tertiary alicyclic amines) is 1. The maximum atomic E-state index is 11.5. The normalized spacial score (nSPS) is 22.3. The van der Waals surface area contributed by atoms with Gasteiger partial charge in [-0.1, -0.05) is 0 Å². The van der Waals surface area contributed by atoms with E-state index < -0.39 is 0 Å². The topological polar surface area (TPSA) is 52.6 Å². The van der Waals surface area contributed by atoms with E-state index in [0.717, 1.165) is 13.0 Å². The Balaban J connectivity index is 2.33. The zero-order valence-corrected chi connectivity index (χ0v) is 9.70. The zero-order chi connectivity index (χ0) is 11.3. The minimum atomic E-state index is 0.0182. The molecule has 0 saturated carbocycles. The summed E-state index contributed by atoms with van der Waals surface area (Å²) in [5.41, 5.74) is 0. The van der Waals surface area contributed by atoms with Gasteiger partial charge in [0, 0.05) is 25.0 Å². The molecule has 0 spiro atoms. The standard InChI is InChI=1S/C11H22N2O2/c1-9(2)13-6-3-4-10(13)8-11(15)12-5-7-14/h9-10,14H,3-8H2,1-2H3,(H,12,15)/t10-/m0/s1. The van der Waals surface area contributed by atoms with Gasteiger partial charge in [-0.2, -0.15) is 0 Å². The third kappa shape index (κ3) is 3.80. The van der Waals surface area contributed by atoms with Crippen LogP contribution in [0.2, 0.25) is 0 Å². The van der Waals surface area contributed by atoms with Crippen molar-refractivity contribution in [2.75, 3.05) is 19.7 Å². The lowest BCUT2D eigenvalue weighted by molar-refractivity contribution is -0.122. The summed E-state index contributed by atoms with van der Waals surface area (Å²) in [6.07, 6.45) is 2.87. The van der Waals surface area contributed by atoms with E-state index in [-0.39, 0.29) is 12.5 Å². The fourth-order valence-corrected chi connectivity index (χ4v) is 2.24. The van der Waals surface area contributed by atoms with Crippen molar-refractivity contribution >= 4 is 5.91 Å². The van der Waals surface area contributed by atoms with E-state index in [1.54, 1.807) is 0 Å². The molecule has 0 aromatic heterocycles. The third-order valence-corrected chi connectivity index (χ3v) is 2.94. The van der Waals surface area contributed by atoms with Gasteiger partial charge in [-0.15, -0.1) is 0 Å². The number of carbonyl (C=O) groups is 1. The number of rotatable bonds is 5. The van der Waals surface area contributed by atoms with Crippen LogP contribution < -0.4 is 5.32 Å². The van der Waals surface area contributed by atoms with Crippen LogP contribution in [0.5, 0.6) is 0 Å². The monoisotopic (exact) mass is 214 g/mol. The van der Waals surface area contributed by atoms with Crippen LogP contribution in [-0.4, -0.2) is 47.7 Å². The fraction of sp³-hybridized carbons (Fsp3) is 0.909. The van der Waals surface area contributed by atoms with Gasteiger partial charge in [-0.3, -0.25) is 9.69 Å². The molecule has 0 aliphatic carbocycles. The summed E-state index contributed by atoms with van der Waals surface area (Å²) in [5, 5.41) is 11.3. The van der Waals surface area contributed by atoms with Crippen LogP contribution in [0.1, 0.15) is 33.1 Å². The fourth-order valence-electron chi connectivity index (χ4n) is 2.24. The van der Waals surface area contributed by atoms with Crippen LogP contribution in [0.4, 0.5) is 0 Å². The molecule has 0 unspecified atom stereocenters. The van der Waals surface area contributed by atoms with Crippen LogP contribution >= 0.6 is 0 Å². The lowest BCUT2D eigenvalue weighted by atomic mass is 10.1. The average molecular weight is 214 g/mol. The summed E-state index contributed by atoms with van der Waals surface area (Å²) in [5.74, 6) is 0.0570. The molecule has 0 aromatic rings. The largest absolute Gasteiger partial charge is 0.395 e. The Hall–Kier alpha value is -0.610. The van der Waals surface area contributed by atoms with Gasteiger partial charge in [0.25, 0.3) is 0 Å². The van der Waals surface area contributed by atoms with Crippen molar-refractivity contribution in [2.24, 2.45) is 0 Å². The van der Waals surface area contributed by atoms with Gasteiger partial charge in [-0.25, -0.2) is 0 Å². The summed E-state index contributed by atoms with van der Waals surface area (Å²) in [6, 6.07) is 0.909. The summed E-state index contributed by atoms with van der Waals surface area (Å²) in [6.45, 7) is 5.83. The summed E-state index contributed by atoms with van der Waals surface area (Å²) in [7, 11) is 0. The Morgan fingerprint density at radius 3 is 2.93 bits per heavy atom. The predicted molar refractivity (Wildman–Crippen MR) is 59.6 cm³/mol. The maximum Gasteiger partial charge on any atom is 0.221 e. The molecule has 1 saturated heterocycles. The van der Waals surface area contributed by atoms with E-state index >= 15 is 0 Å². The molecule has 0 radical (unpaired) electrons. The number of hydrogen-bond acceptors (Lipinski definition) is 3. The minimum Gasteiger partial charge on any atom is -0.395 e. The zero-order valence-electron chi connectivity index (χ0n) is 9.70. The molecule has 2 N–H and O–H groups in total. The molecule has 1 atom stereocenters. The number of aliphatic hydroxyl groups excluding tert-OH is 1. The number of amides is 1. The maximum absolute atomic E-state index is 11.5. The molecule has 4 nitrogen and oxygen atoms in total. The van der Waals surface area contributed by atoms with E-state index in [4.69, 9.17) is 5.11 Å². The van der Waals surface area contributed by atoms with Crippen molar-refractivity contribution in [1.82, 2.24) is 10.2 Å². The number of nitrogens with zero attached hydrogens (tertiary/aromatic N) is 1. The molecule has 0 bridgehead atoms. The molecular weight excluding hydrogens is 192 g/mol. The van der Waals surface area contributed by atoms with Crippen molar-refractivity contribution in [2.45, 2.75) is 45.2 Å². The Labute approximate surface area is 91.6 Å². The Morgan fingerprint density at radius 2 is 2.33 bits per heavy atom. The highest BCUT2D eigenvalue weighted by Gasteiger charge is 2.27. The van der Waals surface area contributed by atoms with E-state index in [1.807, 2.05) is 0 Å². The first-order valence-corrected chi connectivity index (χ1v) is 5.78. The van der Waals surface area contributed by atoms with Gasteiger partial charge in [0.15, 0.2) is 0 Å². The van der Waals surface area contributed by atoms with Crippen LogP contribution in [-0.2, 0) is 4.79 Å². The molecule has 0 aromatic carbocycles. The van der Waals surface area contributed by atoms with E-state index in [0.29, 0.717) is 25.0 Å². The Bertz CT molecular complexity index is 207. The second-order valence-corrected chi connectivity index (χ2v) is 4.41. The Kier molecular flexibility index (Phi) is 5.05. The highest BCUT2D eigenvalue weighted by atomic mass is 16.3. The van der Waals surface area contributed by atoms with Gasteiger partial charge in [0.2, 0.25) is 5.91 Å². The first-order chi connectivity index (χ1) is 7.15. The van der Waals surface area contributed by atoms with Crippen molar-refractivity contribution in [3.63, 3.8) is 0 Å². The molecular formula is C11H22N2O2. The number of hydrogen-bond donors (Lipinski definition) is 2. The molecule has 4 heteroatoms. The van der Waals surface area contributed by atoms with Crippen LogP contribution in [0.25, 0.3) is 0 Å². The van der Waals surface area contributed by atoms with Gasteiger partial charge in [0.05, 0.1) is 6.61 Å². The first kappa shape index (κ1) is 12.5. The smallest absolute Gasteiger partial charge is 0.221 e. The minimum absolute atomic E-state index is 0.0182. The SMILES string of the molecule is CC(C)N1CCC[C@H]1CC(=O)NCCO. The van der Waals surface area contributed by atoms with E-state index in [9.17, 15) is 4.79 Å². The van der Waals surface area contributed by atoms with Gasteiger partial charge < -0.3 is 10.4 Å². The van der Waals surface area contributed by atoms with E-state index in [1.165, 1.54) is 6.42 Å². The second-order valence-electron chi connectivity index (χ2n) is 4.41. The van der Waals surface area contributed by atoms with Crippen molar-refractivity contribution in [1.29, 1.82) is 0 Å². The van der Waals surface area contributed by atoms with Crippen molar-refractivity contribution in [3.05, 3.63) is 0 Å². The average Bonchev–Trinajstić information content (AvgIpc) is 2.62. The van der Waals surface area contributed by atoms with Crippen LogP contribution in [0.3, 0.4) is 0 Å².